The molecule has 1 saturated heterocycles. The monoisotopic (exact) mass is 370 g/mol. The van der Waals surface area contributed by atoms with Gasteiger partial charge in [-0.2, -0.15) is 0 Å². The molecule has 1 aromatic carbocycles. The van der Waals surface area contributed by atoms with E-state index < -0.39 is 5.79 Å². The van der Waals surface area contributed by atoms with Crippen molar-refractivity contribution in [2.24, 2.45) is 0 Å². The second kappa shape index (κ2) is 8.23. The quantitative estimate of drug-likeness (QED) is 0.753. The van der Waals surface area contributed by atoms with Crippen molar-refractivity contribution in [3.63, 3.8) is 0 Å². The molecule has 1 aliphatic heterocycles. The smallest absolute Gasteiger partial charge is 0.319 e. The Morgan fingerprint density at radius 3 is 2.88 bits per heavy atom. The second-order valence-electron chi connectivity index (χ2n) is 6.13. The topological polar surface area (TPSA) is 78.1 Å². The summed E-state index contributed by atoms with van der Waals surface area (Å²) in [5, 5.41) is 6.17. The Morgan fingerprint density at radius 2 is 2.16 bits per heavy atom. The Hall–Kier alpha value is -1.54. The highest BCUT2D eigenvalue weighted by Gasteiger charge is 2.44. The van der Waals surface area contributed by atoms with Crippen molar-refractivity contribution in [2.75, 3.05) is 38.9 Å². The summed E-state index contributed by atoms with van der Waals surface area (Å²) < 4.78 is 21.7. The number of rotatable bonds is 6. The number of carbonyl (C=O) groups is 1. The number of urea groups is 1. The van der Waals surface area contributed by atoms with Crippen LogP contribution in [0.25, 0.3) is 0 Å². The molecule has 0 aromatic heterocycles. The van der Waals surface area contributed by atoms with E-state index in [2.05, 4.69) is 10.6 Å². The number of anilines is 1. The van der Waals surface area contributed by atoms with E-state index in [1.165, 1.54) is 0 Å². The highest BCUT2D eigenvalue weighted by atomic mass is 35.5. The van der Waals surface area contributed by atoms with Crippen LogP contribution in [0, 0.1) is 0 Å². The molecule has 2 amide bonds. The van der Waals surface area contributed by atoms with E-state index in [9.17, 15) is 4.79 Å². The maximum absolute atomic E-state index is 12.2. The molecule has 1 spiro atoms. The first-order valence-corrected chi connectivity index (χ1v) is 8.75. The summed E-state index contributed by atoms with van der Waals surface area (Å²) in [6.45, 7) is 2.14. The molecule has 7 nitrogen and oxygen atoms in total. The lowest BCUT2D eigenvalue weighted by Crippen LogP contribution is -2.38. The predicted octanol–water partition coefficient (Wildman–Crippen LogP) is 2.78. The summed E-state index contributed by atoms with van der Waals surface area (Å²) in [4.78, 5) is 12.2. The molecule has 8 heteroatoms. The molecule has 138 valence electrons. The molecule has 3 rings (SSSR count). The summed E-state index contributed by atoms with van der Waals surface area (Å²) in [7, 11) is 1.60. The fourth-order valence-corrected chi connectivity index (χ4v) is 3.37. The van der Waals surface area contributed by atoms with Crippen LogP contribution in [0.15, 0.2) is 18.2 Å². The van der Waals surface area contributed by atoms with Crippen molar-refractivity contribution in [2.45, 2.75) is 31.1 Å². The van der Waals surface area contributed by atoms with Crippen molar-refractivity contribution >= 4 is 23.3 Å². The van der Waals surface area contributed by atoms with Crippen LogP contribution in [-0.2, 0) is 14.2 Å². The zero-order chi connectivity index (χ0) is 17.7. The lowest BCUT2D eigenvalue weighted by atomic mass is 10.2. The first-order chi connectivity index (χ1) is 12.1. The molecule has 0 unspecified atom stereocenters. The zero-order valence-electron chi connectivity index (χ0n) is 14.2. The Morgan fingerprint density at radius 1 is 1.36 bits per heavy atom. The minimum absolute atomic E-state index is 0.0326. The average molecular weight is 371 g/mol. The van der Waals surface area contributed by atoms with E-state index in [4.69, 9.17) is 30.5 Å². The van der Waals surface area contributed by atoms with Crippen LogP contribution < -0.4 is 15.4 Å². The van der Waals surface area contributed by atoms with Gasteiger partial charge in [0, 0.05) is 31.7 Å². The SMILES string of the molecule is COCCOc1ccc(NC(=O)N[C@@H]2CCC3(C2)OCCO3)cc1Cl. The fraction of sp³-hybridized carbons (Fsp3) is 0.588. The summed E-state index contributed by atoms with van der Waals surface area (Å²) in [5.41, 5.74) is 0.600. The number of benzene rings is 1. The standard InChI is InChI=1S/C17H23ClN2O5/c1-22-6-7-23-15-3-2-12(10-14(15)18)19-16(21)20-13-4-5-17(11-13)24-8-9-25-17/h2-3,10,13H,4-9,11H2,1H3,(H2,19,20,21)/t13-/m1/s1. The van der Waals surface area contributed by atoms with Gasteiger partial charge >= 0.3 is 6.03 Å². The largest absolute Gasteiger partial charge is 0.490 e. The van der Waals surface area contributed by atoms with E-state index in [0.717, 1.165) is 12.8 Å². The Balaban J connectivity index is 1.48. The molecular formula is C17H23ClN2O5. The Labute approximate surface area is 151 Å². The fourth-order valence-electron chi connectivity index (χ4n) is 3.14. The number of ether oxygens (including phenoxy) is 4. The summed E-state index contributed by atoms with van der Waals surface area (Å²) >= 11 is 6.17. The molecule has 0 radical (unpaired) electrons. The van der Waals surface area contributed by atoms with E-state index in [-0.39, 0.29) is 12.1 Å². The number of nitrogens with one attached hydrogen (secondary N) is 2. The van der Waals surface area contributed by atoms with E-state index >= 15 is 0 Å². The van der Waals surface area contributed by atoms with Gasteiger partial charge in [-0.1, -0.05) is 11.6 Å². The van der Waals surface area contributed by atoms with Gasteiger partial charge in [0.2, 0.25) is 0 Å². The number of hydrogen-bond acceptors (Lipinski definition) is 5. The molecular weight excluding hydrogens is 348 g/mol. The molecule has 1 aromatic rings. The third kappa shape index (κ3) is 4.76. The molecule has 1 aliphatic carbocycles. The molecule has 1 heterocycles. The minimum Gasteiger partial charge on any atom is -0.490 e. The number of halogens is 1. The van der Waals surface area contributed by atoms with Gasteiger partial charge in [-0.25, -0.2) is 4.79 Å². The van der Waals surface area contributed by atoms with Gasteiger partial charge in [0.25, 0.3) is 0 Å². The van der Waals surface area contributed by atoms with Crippen LogP contribution in [0.4, 0.5) is 10.5 Å². The van der Waals surface area contributed by atoms with Crippen molar-refractivity contribution in [1.29, 1.82) is 0 Å². The highest BCUT2D eigenvalue weighted by molar-refractivity contribution is 6.32. The molecule has 0 bridgehead atoms. The number of hydrogen-bond donors (Lipinski definition) is 2. The number of amides is 2. The minimum atomic E-state index is -0.498. The van der Waals surface area contributed by atoms with Gasteiger partial charge in [-0.3, -0.25) is 0 Å². The Bertz CT molecular complexity index is 607. The lowest BCUT2D eigenvalue weighted by molar-refractivity contribution is -0.151. The maximum atomic E-state index is 12.2. The predicted molar refractivity (Wildman–Crippen MR) is 93.3 cm³/mol. The van der Waals surface area contributed by atoms with Gasteiger partial charge in [-0.15, -0.1) is 0 Å². The van der Waals surface area contributed by atoms with E-state index in [1.54, 1.807) is 25.3 Å². The highest BCUT2D eigenvalue weighted by Crippen LogP contribution is 2.37. The number of carbonyl (C=O) groups excluding carboxylic acids is 1. The molecule has 2 N–H and O–H groups in total. The number of methoxy groups -OCH3 is 1. The molecule has 2 aliphatic rings. The van der Waals surface area contributed by atoms with Crippen molar-refractivity contribution in [1.82, 2.24) is 5.32 Å². The van der Waals surface area contributed by atoms with Crippen LogP contribution in [0.2, 0.25) is 5.02 Å². The summed E-state index contributed by atoms with van der Waals surface area (Å²) in [6, 6.07) is 4.88. The molecule has 1 saturated carbocycles. The van der Waals surface area contributed by atoms with E-state index in [0.29, 0.717) is 49.3 Å². The van der Waals surface area contributed by atoms with Crippen LogP contribution in [0.3, 0.4) is 0 Å². The first-order valence-electron chi connectivity index (χ1n) is 8.37. The van der Waals surface area contributed by atoms with Gasteiger partial charge in [0.1, 0.15) is 12.4 Å². The third-order valence-electron chi connectivity index (χ3n) is 4.31. The van der Waals surface area contributed by atoms with Crippen molar-refractivity contribution in [3.05, 3.63) is 23.2 Å². The van der Waals surface area contributed by atoms with Crippen molar-refractivity contribution < 1.29 is 23.7 Å². The molecule has 2 fully saturated rings. The van der Waals surface area contributed by atoms with Crippen LogP contribution in [0.5, 0.6) is 5.75 Å². The van der Waals surface area contributed by atoms with Gasteiger partial charge in [-0.05, 0) is 24.6 Å². The first kappa shape index (κ1) is 18.3. The molecule has 1 atom stereocenters. The van der Waals surface area contributed by atoms with Gasteiger partial charge < -0.3 is 29.6 Å². The van der Waals surface area contributed by atoms with Crippen LogP contribution in [-0.4, -0.2) is 51.4 Å². The maximum Gasteiger partial charge on any atom is 0.319 e. The van der Waals surface area contributed by atoms with Crippen LogP contribution >= 0.6 is 11.6 Å². The third-order valence-corrected chi connectivity index (χ3v) is 4.61. The normalized spacial score (nSPS) is 21.4. The van der Waals surface area contributed by atoms with Crippen molar-refractivity contribution in [3.8, 4) is 5.75 Å². The molecule has 25 heavy (non-hydrogen) atoms. The lowest BCUT2D eigenvalue weighted by Gasteiger charge is -2.21. The zero-order valence-corrected chi connectivity index (χ0v) is 14.9. The van der Waals surface area contributed by atoms with Crippen LogP contribution in [0.1, 0.15) is 19.3 Å². The van der Waals surface area contributed by atoms with Gasteiger partial charge in [0.05, 0.1) is 24.8 Å². The summed E-state index contributed by atoms with van der Waals surface area (Å²) in [6.07, 6.45) is 2.31. The van der Waals surface area contributed by atoms with Gasteiger partial charge in [0.15, 0.2) is 5.79 Å². The second-order valence-corrected chi connectivity index (χ2v) is 6.54. The van der Waals surface area contributed by atoms with E-state index in [1.807, 2.05) is 0 Å². The summed E-state index contributed by atoms with van der Waals surface area (Å²) in [5.74, 6) is 0.0561. The average Bonchev–Trinajstić information content (AvgIpc) is 3.20. The Kier molecular flexibility index (Phi) is 6.01.